The van der Waals surface area contributed by atoms with Crippen LogP contribution in [0.3, 0.4) is 0 Å². The highest BCUT2D eigenvalue weighted by atomic mass is 16.3. The van der Waals surface area contributed by atoms with Gasteiger partial charge in [0.25, 0.3) is 5.91 Å². The molecule has 0 saturated carbocycles. The van der Waals surface area contributed by atoms with Crippen LogP contribution in [0.1, 0.15) is 15.9 Å². The van der Waals surface area contributed by atoms with Gasteiger partial charge in [-0.25, -0.2) is 0 Å². The number of anilines is 1. The molecule has 0 aliphatic heterocycles. The highest BCUT2D eigenvalue weighted by Crippen LogP contribution is 2.24. The number of phenols is 1. The average molecular weight is 228 g/mol. The number of carbonyl (C=O) groups is 1. The quantitative estimate of drug-likeness (QED) is 0.829. The summed E-state index contributed by atoms with van der Waals surface area (Å²) in [4.78, 5) is 15.7. The van der Waals surface area contributed by atoms with Gasteiger partial charge in [0.15, 0.2) is 0 Å². The van der Waals surface area contributed by atoms with Gasteiger partial charge in [0.2, 0.25) is 0 Å². The minimum atomic E-state index is -0.244. The van der Waals surface area contributed by atoms with E-state index < -0.39 is 0 Å². The first-order valence-corrected chi connectivity index (χ1v) is 5.18. The summed E-state index contributed by atoms with van der Waals surface area (Å²) in [6.45, 7) is 1.74. The van der Waals surface area contributed by atoms with Crippen LogP contribution in [0.5, 0.6) is 5.75 Å². The molecular formula is C13H12N2O2. The van der Waals surface area contributed by atoms with Crippen molar-refractivity contribution in [2.24, 2.45) is 0 Å². The van der Waals surface area contributed by atoms with Gasteiger partial charge in [-0.15, -0.1) is 0 Å². The number of carbonyl (C=O) groups excluding carboxylic acids is 1. The van der Waals surface area contributed by atoms with Gasteiger partial charge in [-0.3, -0.25) is 9.78 Å². The van der Waals surface area contributed by atoms with Crippen molar-refractivity contribution in [2.75, 3.05) is 5.32 Å². The summed E-state index contributed by atoms with van der Waals surface area (Å²) in [5.74, 6) is -0.0826. The number of pyridine rings is 1. The maximum absolute atomic E-state index is 11.8. The molecule has 0 radical (unpaired) electrons. The second-order valence-electron chi connectivity index (χ2n) is 3.65. The molecule has 17 heavy (non-hydrogen) atoms. The minimum Gasteiger partial charge on any atom is -0.508 e. The van der Waals surface area contributed by atoms with E-state index in [4.69, 9.17) is 0 Å². The Morgan fingerprint density at radius 1 is 1.29 bits per heavy atom. The van der Waals surface area contributed by atoms with E-state index in [0.717, 1.165) is 0 Å². The first-order chi connectivity index (χ1) is 8.18. The molecule has 0 aliphatic carbocycles. The molecule has 0 saturated heterocycles. The van der Waals surface area contributed by atoms with E-state index in [-0.39, 0.29) is 11.7 Å². The lowest BCUT2D eigenvalue weighted by molar-refractivity contribution is 0.102. The average Bonchev–Trinajstić information content (AvgIpc) is 2.36. The van der Waals surface area contributed by atoms with Crippen molar-refractivity contribution in [2.45, 2.75) is 6.92 Å². The van der Waals surface area contributed by atoms with E-state index in [1.165, 1.54) is 6.20 Å². The summed E-state index contributed by atoms with van der Waals surface area (Å²) in [6, 6.07) is 8.38. The molecule has 4 heteroatoms. The molecule has 86 valence electrons. The lowest BCUT2D eigenvalue weighted by Gasteiger charge is -2.09. The Balaban J connectivity index is 2.22. The van der Waals surface area contributed by atoms with Crippen LogP contribution in [0.2, 0.25) is 0 Å². The zero-order valence-corrected chi connectivity index (χ0v) is 9.34. The number of phenolic OH excluding ortho intramolecular Hbond substituents is 1. The molecule has 0 bridgehead atoms. The Morgan fingerprint density at radius 3 is 2.82 bits per heavy atom. The third kappa shape index (κ3) is 2.42. The fourth-order valence-electron chi connectivity index (χ4n) is 1.45. The van der Waals surface area contributed by atoms with E-state index >= 15 is 0 Å². The molecule has 0 atom stereocenters. The van der Waals surface area contributed by atoms with Crippen molar-refractivity contribution in [1.82, 2.24) is 4.98 Å². The molecule has 0 fully saturated rings. The van der Waals surface area contributed by atoms with Crippen LogP contribution < -0.4 is 5.32 Å². The van der Waals surface area contributed by atoms with Crippen LogP contribution in [0.15, 0.2) is 42.7 Å². The van der Waals surface area contributed by atoms with Crippen LogP contribution in [-0.2, 0) is 0 Å². The number of benzene rings is 1. The number of aromatic hydroxyl groups is 1. The van der Waals surface area contributed by atoms with Crippen molar-refractivity contribution < 1.29 is 9.90 Å². The number of hydrogen-bond donors (Lipinski definition) is 2. The first kappa shape index (κ1) is 11.1. The number of rotatable bonds is 2. The number of nitrogens with one attached hydrogen (secondary N) is 1. The molecule has 0 aliphatic rings. The summed E-state index contributed by atoms with van der Waals surface area (Å²) in [5.41, 5.74) is 1.72. The Morgan fingerprint density at radius 2 is 2.12 bits per heavy atom. The molecule has 0 unspecified atom stereocenters. The first-order valence-electron chi connectivity index (χ1n) is 5.18. The van der Waals surface area contributed by atoms with Crippen molar-refractivity contribution >= 4 is 11.6 Å². The van der Waals surface area contributed by atoms with E-state index in [1.54, 1.807) is 43.5 Å². The number of aromatic nitrogens is 1. The molecule has 1 heterocycles. The SMILES string of the molecule is Cc1c(O)cccc1NC(=O)c1cccnc1. The topological polar surface area (TPSA) is 62.2 Å². The highest BCUT2D eigenvalue weighted by molar-refractivity contribution is 6.04. The summed E-state index contributed by atoms with van der Waals surface area (Å²) in [6.07, 6.45) is 3.10. The Bertz CT molecular complexity index is 538. The fraction of sp³-hybridized carbons (Fsp3) is 0.0769. The molecule has 2 rings (SSSR count). The Hall–Kier alpha value is -2.36. The maximum atomic E-state index is 11.8. The van der Waals surface area contributed by atoms with Gasteiger partial charge in [-0.1, -0.05) is 6.07 Å². The summed E-state index contributed by atoms with van der Waals surface area (Å²) in [7, 11) is 0. The maximum Gasteiger partial charge on any atom is 0.257 e. The van der Waals surface area contributed by atoms with Gasteiger partial charge in [0, 0.05) is 23.6 Å². The smallest absolute Gasteiger partial charge is 0.257 e. The van der Waals surface area contributed by atoms with E-state index in [0.29, 0.717) is 16.8 Å². The van der Waals surface area contributed by atoms with E-state index in [9.17, 15) is 9.90 Å². The zero-order valence-electron chi connectivity index (χ0n) is 9.34. The molecule has 4 nitrogen and oxygen atoms in total. The molecule has 1 aromatic heterocycles. The van der Waals surface area contributed by atoms with Gasteiger partial charge in [0.1, 0.15) is 5.75 Å². The van der Waals surface area contributed by atoms with Gasteiger partial charge in [-0.2, -0.15) is 0 Å². The van der Waals surface area contributed by atoms with Gasteiger partial charge in [-0.05, 0) is 31.2 Å². The highest BCUT2D eigenvalue weighted by Gasteiger charge is 2.08. The van der Waals surface area contributed by atoms with Crippen LogP contribution in [-0.4, -0.2) is 16.0 Å². The second kappa shape index (κ2) is 4.65. The number of amides is 1. The molecule has 0 spiro atoms. The predicted molar refractivity (Wildman–Crippen MR) is 65.0 cm³/mol. The van der Waals surface area contributed by atoms with Crippen molar-refractivity contribution in [1.29, 1.82) is 0 Å². The van der Waals surface area contributed by atoms with Crippen molar-refractivity contribution in [3.05, 3.63) is 53.9 Å². The molecule has 1 aromatic carbocycles. The summed E-state index contributed by atoms with van der Waals surface area (Å²) in [5, 5.41) is 12.2. The standard InChI is InChI=1S/C13H12N2O2/c1-9-11(5-2-6-12(9)16)15-13(17)10-4-3-7-14-8-10/h2-8,16H,1H3,(H,15,17). The zero-order chi connectivity index (χ0) is 12.3. The van der Waals surface area contributed by atoms with Gasteiger partial charge < -0.3 is 10.4 Å². The van der Waals surface area contributed by atoms with Crippen molar-refractivity contribution in [3.8, 4) is 5.75 Å². The van der Waals surface area contributed by atoms with Gasteiger partial charge >= 0.3 is 0 Å². The predicted octanol–water partition coefficient (Wildman–Crippen LogP) is 2.35. The third-order valence-electron chi connectivity index (χ3n) is 2.48. The summed E-state index contributed by atoms with van der Waals surface area (Å²) < 4.78 is 0. The monoisotopic (exact) mass is 228 g/mol. The van der Waals surface area contributed by atoms with E-state index in [1.807, 2.05) is 0 Å². The molecule has 2 N–H and O–H groups in total. The normalized spacial score (nSPS) is 9.94. The second-order valence-corrected chi connectivity index (χ2v) is 3.65. The largest absolute Gasteiger partial charge is 0.508 e. The minimum absolute atomic E-state index is 0.161. The van der Waals surface area contributed by atoms with Crippen LogP contribution in [0, 0.1) is 6.92 Å². The lowest BCUT2D eigenvalue weighted by atomic mass is 10.1. The van der Waals surface area contributed by atoms with Crippen LogP contribution in [0.4, 0.5) is 5.69 Å². The Labute approximate surface area is 98.9 Å². The van der Waals surface area contributed by atoms with E-state index in [2.05, 4.69) is 10.3 Å². The molecular weight excluding hydrogens is 216 g/mol. The number of nitrogens with zero attached hydrogens (tertiary/aromatic N) is 1. The Kier molecular flexibility index (Phi) is 3.05. The fourth-order valence-corrected chi connectivity index (χ4v) is 1.45. The van der Waals surface area contributed by atoms with Crippen LogP contribution in [0.25, 0.3) is 0 Å². The van der Waals surface area contributed by atoms with Gasteiger partial charge in [0.05, 0.1) is 5.56 Å². The van der Waals surface area contributed by atoms with Crippen LogP contribution >= 0.6 is 0 Å². The third-order valence-corrected chi connectivity index (χ3v) is 2.48. The lowest BCUT2D eigenvalue weighted by Crippen LogP contribution is -2.12. The van der Waals surface area contributed by atoms with Crippen molar-refractivity contribution in [3.63, 3.8) is 0 Å². The summed E-state index contributed by atoms with van der Waals surface area (Å²) >= 11 is 0. The molecule has 1 amide bonds. The number of hydrogen-bond acceptors (Lipinski definition) is 3. The molecule has 2 aromatic rings.